The van der Waals surface area contributed by atoms with E-state index < -0.39 is 18.0 Å². The molecule has 0 bridgehead atoms. The van der Waals surface area contributed by atoms with Crippen LogP contribution in [0.25, 0.3) is 0 Å². The minimum Gasteiger partial charge on any atom is -0.345 e. The van der Waals surface area contributed by atoms with E-state index in [9.17, 15) is 31.5 Å². The zero-order chi connectivity index (χ0) is 16.4. The Kier molecular flexibility index (Phi) is 4.55. The second-order valence-corrected chi connectivity index (χ2v) is 4.30. The van der Waals surface area contributed by atoms with Crippen LogP contribution in [0.4, 0.5) is 27.6 Å². The largest absolute Gasteiger partial charge is 0.463 e. The van der Waals surface area contributed by atoms with E-state index in [-0.39, 0.29) is 17.2 Å². The van der Waals surface area contributed by atoms with Crippen LogP contribution in [0.5, 0.6) is 0 Å². The molecule has 0 radical (unpaired) electrons. The molecule has 0 aromatic heterocycles. The van der Waals surface area contributed by atoms with Gasteiger partial charge in [0.05, 0.1) is 0 Å². The molecule has 9 heteroatoms. The Morgan fingerprint density at radius 3 is 1.86 bits per heavy atom. The lowest BCUT2D eigenvalue weighted by Gasteiger charge is -2.18. The van der Waals surface area contributed by atoms with E-state index in [0.29, 0.717) is 0 Å². The molecule has 0 unspecified atom stereocenters. The van der Waals surface area contributed by atoms with Crippen molar-refractivity contribution in [3.63, 3.8) is 0 Å². The molecule has 1 N–H and O–H groups in total. The molecule has 1 aromatic rings. The Morgan fingerprint density at radius 1 is 1.00 bits per heavy atom. The summed E-state index contributed by atoms with van der Waals surface area (Å²) in [6, 6.07) is 4.51. The van der Waals surface area contributed by atoms with Gasteiger partial charge in [0.25, 0.3) is 5.91 Å². The molecular formula is C12H11F5N2O2. The van der Waals surface area contributed by atoms with Crippen LogP contribution in [-0.2, 0) is 4.79 Å². The molecule has 0 aliphatic carbocycles. The summed E-state index contributed by atoms with van der Waals surface area (Å²) in [6.45, 7) is 0. The topological polar surface area (TPSA) is 49.4 Å². The SMILES string of the molecule is CN(C)C(=O)c1ccc(NC(=O)C(F)(F)C(F)(F)F)cc1. The van der Waals surface area contributed by atoms with Crippen molar-refractivity contribution in [2.75, 3.05) is 19.4 Å². The Hall–Kier alpha value is -2.19. The summed E-state index contributed by atoms with van der Waals surface area (Å²) in [5.41, 5.74) is -0.0835. The fraction of sp³-hybridized carbons (Fsp3) is 0.333. The lowest BCUT2D eigenvalue weighted by molar-refractivity contribution is -0.267. The molecule has 1 aromatic carbocycles. The van der Waals surface area contributed by atoms with Gasteiger partial charge in [-0.15, -0.1) is 0 Å². The molecule has 116 valence electrons. The summed E-state index contributed by atoms with van der Waals surface area (Å²) >= 11 is 0. The van der Waals surface area contributed by atoms with Gasteiger partial charge >= 0.3 is 18.0 Å². The number of hydrogen-bond acceptors (Lipinski definition) is 2. The molecular weight excluding hydrogens is 299 g/mol. The van der Waals surface area contributed by atoms with E-state index in [0.717, 1.165) is 12.1 Å². The summed E-state index contributed by atoms with van der Waals surface area (Å²) < 4.78 is 61.4. The van der Waals surface area contributed by atoms with Crippen LogP contribution in [0.2, 0.25) is 0 Å². The summed E-state index contributed by atoms with van der Waals surface area (Å²) in [5.74, 6) is -8.36. The number of rotatable bonds is 3. The van der Waals surface area contributed by atoms with Gasteiger partial charge in [0.2, 0.25) is 0 Å². The molecule has 4 nitrogen and oxygen atoms in total. The third-order valence-electron chi connectivity index (χ3n) is 2.44. The first-order valence-electron chi connectivity index (χ1n) is 5.54. The predicted molar refractivity (Wildman–Crippen MR) is 64.1 cm³/mol. The third-order valence-corrected chi connectivity index (χ3v) is 2.44. The maximum atomic E-state index is 12.7. The van der Waals surface area contributed by atoms with E-state index in [1.807, 2.05) is 0 Å². The van der Waals surface area contributed by atoms with Gasteiger partial charge in [-0.2, -0.15) is 22.0 Å². The van der Waals surface area contributed by atoms with Crippen LogP contribution in [0.1, 0.15) is 10.4 Å². The average molecular weight is 310 g/mol. The number of amides is 2. The number of carbonyl (C=O) groups is 2. The highest BCUT2D eigenvalue weighted by atomic mass is 19.4. The second kappa shape index (κ2) is 5.66. The van der Waals surface area contributed by atoms with E-state index in [1.165, 1.54) is 36.4 Å². The van der Waals surface area contributed by atoms with Crippen LogP contribution < -0.4 is 5.32 Å². The fourth-order valence-corrected chi connectivity index (χ4v) is 1.29. The summed E-state index contributed by atoms with van der Waals surface area (Å²) in [5, 5.41) is 1.45. The smallest absolute Gasteiger partial charge is 0.345 e. The number of carbonyl (C=O) groups excluding carboxylic acids is 2. The second-order valence-electron chi connectivity index (χ2n) is 4.30. The van der Waals surface area contributed by atoms with Crippen molar-refractivity contribution in [3.05, 3.63) is 29.8 Å². The lowest BCUT2D eigenvalue weighted by atomic mass is 10.2. The maximum Gasteiger partial charge on any atom is 0.463 e. The highest BCUT2D eigenvalue weighted by Crippen LogP contribution is 2.36. The zero-order valence-electron chi connectivity index (χ0n) is 11.0. The van der Waals surface area contributed by atoms with Crippen molar-refractivity contribution < 1.29 is 31.5 Å². The summed E-state index contributed by atoms with van der Waals surface area (Å²) in [4.78, 5) is 23.7. The van der Waals surface area contributed by atoms with Crippen LogP contribution in [0, 0.1) is 0 Å². The van der Waals surface area contributed by atoms with Crippen molar-refractivity contribution in [2.24, 2.45) is 0 Å². The maximum absolute atomic E-state index is 12.7. The first kappa shape index (κ1) is 16.9. The van der Waals surface area contributed by atoms with Gasteiger partial charge in [-0.05, 0) is 24.3 Å². The molecule has 0 fully saturated rings. The van der Waals surface area contributed by atoms with E-state index in [4.69, 9.17) is 0 Å². The van der Waals surface area contributed by atoms with Crippen molar-refractivity contribution in [1.29, 1.82) is 0 Å². The molecule has 0 spiro atoms. The molecule has 0 saturated carbocycles. The lowest BCUT2D eigenvalue weighted by Crippen LogP contribution is -2.47. The number of alkyl halides is 5. The Labute approximate surface area is 116 Å². The predicted octanol–water partition coefficient (Wildman–Crippen LogP) is 2.52. The minimum absolute atomic E-state index is 0.195. The number of benzene rings is 1. The van der Waals surface area contributed by atoms with Gasteiger partial charge in [0.1, 0.15) is 0 Å². The Balaban J connectivity index is 2.86. The van der Waals surface area contributed by atoms with Gasteiger partial charge in [-0.25, -0.2) is 0 Å². The highest BCUT2D eigenvalue weighted by molar-refractivity contribution is 5.98. The normalized spacial score (nSPS) is 12.0. The number of hydrogen-bond donors (Lipinski definition) is 1. The fourth-order valence-electron chi connectivity index (χ4n) is 1.29. The van der Waals surface area contributed by atoms with Gasteiger partial charge in [0, 0.05) is 25.3 Å². The number of nitrogens with one attached hydrogen (secondary N) is 1. The minimum atomic E-state index is -5.97. The van der Waals surface area contributed by atoms with E-state index in [2.05, 4.69) is 0 Å². The molecule has 0 atom stereocenters. The Morgan fingerprint density at radius 2 is 1.48 bits per heavy atom. The quantitative estimate of drug-likeness (QED) is 0.872. The Bertz CT molecular complexity index is 538. The first-order valence-corrected chi connectivity index (χ1v) is 5.54. The molecule has 0 aliphatic heterocycles. The van der Waals surface area contributed by atoms with E-state index >= 15 is 0 Å². The van der Waals surface area contributed by atoms with Gasteiger partial charge in [-0.3, -0.25) is 9.59 Å². The molecule has 2 amide bonds. The molecule has 0 heterocycles. The van der Waals surface area contributed by atoms with Crippen LogP contribution >= 0.6 is 0 Å². The average Bonchev–Trinajstić information content (AvgIpc) is 2.37. The molecule has 0 saturated heterocycles. The molecule has 1 rings (SSSR count). The summed E-state index contributed by atoms with van der Waals surface area (Å²) in [6.07, 6.45) is -5.97. The standard InChI is InChI=1S/C12H11F5N2O2/c1-19(2)9(20)7-3-5-8(6-4-7)18-10(21)11(13,14)12(15,16)17/h3-6H,1-2H3,(H,18,21). The van der Waals surface area contributed by atoms with E-state index in [1.54, 1.807) is 0 Å². The van der Waals surface area contributed by atoms with Gasteiger partial charge in [0.15, 0.2) is 0 Å². The highest BCUT2D eigenvalue weighted by Gasteiger charge is 2.63. The number of nitrogens with zero attached hydrogens (tertiary/aromatic N) is 1. The van der Waals surface area contributed by atoms with Crippen molar-refractivity contribution in [3.8, 4) is 0 Å². The van der Waals surface area contributed by atoms with Crippen molar-refractivity contribution in [2.45, 2.75) is 12.1 Å². The van der Waals surface area contributed by atoms with Crippen LogP contribution in [0.3, 0.4) is 0 Å². The van der Waals surface area contributed by atoms with Crippen LogP contribution in [0.15, 0.2) is 24.3 Å². The summed E-state index contributed by atoms with van der Waals surface area (Å²) in [7, 11) is 2.98. The van der Waals surface area contributed by atoms with Crippen molar-refractivity contribution >= 4 is 17.5 Å². The molecule has 0 aliphatic rings. The van der Waals surface area contributed by atoms with Gasteiger partial charge < -0.3 is 10.2 Å². The first-order chi connectivity index (χ1) is 9.46. The van der Waals surface area contributed by atoms with Crippen molar-refractivity contribution in [1.82, 2.24) is 4.90 Å². The van der Waals surface area contributed by atoms with Gasteiger partial charge in [-0.1, -0.05) is 0 Å². The third kappa shape index (κ3) is 3.67. The monoisotopic (exact) mass is 310 g/mol. The molecule has 21 heavy (non-hydrogen) atoms. The number of anilines is 1. The zero-order valence-corrected chi connectivity index (χ0v) is 11.0. The van der Waals surface area contributed by atoms with Crippen LogP contribution in [-0.4, -0.2) is 42.9 Å². The number of halogens is 5.